The highest BCUT2D eigenvalue weighted by Gasteiger charge is 1.93. The molecule has 0 saturated carbocycles. The van der Waals surface area contributed by atoms with Crippen LogP contribution in [0.3, 0.4) is 0 Å². The van der Waals surface area contributed by atoms with E-state index < -0.39 is 0 Å². The first-order valence-corrected chi connectivity index (χ1v) is 3.44. The van der Waals surface area contributed by atoms with Crippen LogP contribution in [0.25, 0.3) is 0 Å². The topological polar surface area (TPSA) is 12.4 Å². The van der Waals surface area contributed by atoms with Crippen LogP contribution in [-0.2, 0) is 0 Å². The van der Waals surface area contributed by atoms with Gasteiger partial charge >= 0.3 is 0 Å². The van der Waals surface area contributed by atoms with E-state index in [0.717, 1.165) is 6.42 Å². The number of hydrogen-bond acceptors (Lipinski definition) is 1. The second-order valence-electron chi connectivity index (χ2n) is 1.91. The molecule has 0 aliphatic rings. The minimum absolute atomic E-state index is 0.315. The molecule has 0 aromatic heterocycles. The van der Waals surface area contributed by atoms with E-state index in [2.05, 4.69) is 18.5 Å². The number of halogens is 1. The Bertz CT molecular complexity index is 118. The van der Waals surface area contributed by atoms with Gasteiger partial charge in [0.2, 0.25) is 0 Å². The summed E-state index contributed by atoms with van der Waals surface area (Å²) in [6.45, 7) is 7.58. The molecule has 1 atom stereocenters. The first-order chi connectivity index (χ1) is 4.20. The van der Waals surface area contributed by atoms with E-state index in [0.29, 0.717) is 11.2 Å². The van der Waals surface area contributed by atoms with Crippen molar-refractivity contribution < 1.29 is 0 Å². The van der Waals surface area contributed by atoms with Crippen LogP contribution in [0.4, 0.5) is 0 Å². The molecule has 0 amide bonds. The van der Waals surface area contributed by atoms with E-state index in [-0.39, 0.29) is 0 Å². The molecule has 0 rings (SSSR count). The standard InChI is InChI=1S/C7H12ClN/c1-4-6(3)9-7(8)5-2/h5-6H,2,4H2,1,3H3/b9-7+/t6-/m0/s1. The van der Waals surface area contributed by atoms with Crippen molar-refractivity contribution in [2.45, 2.75) is 26.3 Å². The molecule has 0 spiro atoms. The number of hydrogen-bond donors (Lipinski definition) is 0. The van der Waals surface area contributed by atoms with Crippen molar-refractivity contribution >= 4 is 16.8 Å². The minimum atomic E-state index is 0.315. The maximum atomic E-state index is 5.57. The molecule has 1 nitrogen and oxygen atoms in total. The van der Waals surface area contributed by atoms with E-state index >= 15 is 0 Å². The molecular weight excluding hydrogens is 134 g/mol. The Morgan fingerprint density at radius 1 is 1.89 bits per heavy atom. The minimum Gasteiger partial charge on any atom is -0.270 e. The average molecular weight is 146 g/mol. The molecule has 0 fully saturated rings. The van der Waals surface area contributed by atoms with E-state index in [1.54, 1.807) is 6.08 Å². The van der Waals surface area contributed by atoms with Gasteiger partial charge in [0.25, 0.3) is 0 Å². The Morgan fingerprint density at radius 2 is 2.44 bits per heavy atom. The van der Waals surface area contributed by atoms with Gasteiger partial charge < -0.3 is 0 Å². The van der Waals surface area contributed by atoms with Crippen molar-refractivity contribution in [1.82, 2.24) is 0 Å². The quantitative estimate of drug-likeness (QED) is 0.542. The Balaban J connectivity index is 3.78. The van der Waals surface area contributed by atoms with E-state index in [1.807, 2.05) is 6.92 Å². The molecule has 0 bridgehead atoms. The van der Waals surface area contributed by atoms with Gasteiger partial charge in [-0.05, 0) is 19.4 Å². The van der Waals surface area contributed by atoms with Crippen LogP contribution in [0.5, 0.6) is 0 Å². The van der Waals surface area contributed by atoms with Crippen LogP contribution in [0.15, 0.2) is 17.6 Å². The zero-order valence-corrected chi connectivity index (χ0v) is 6.65. The fraction of sp³-hybridized carbons (Fsp3) is 0.571. The third kappa shape index (κ3) is 4.22. The highest BCUT2D eigenvalue weighted by atomic mass is 35.5. The third-order valence-corrected chi connectivity index (χ3v) is 1.35. The molecule has 0 saturated heterocycles. The van der Waals surface area contributed by atoms with Crippen LogP contribution >= 0.6 is 11.6 Å². The number of aliphatic imine (C=N–C) groups is 1. The zero-order chi connectivity index (χ0) is 7.28. The van der Waals surface area contributed by atoms with E-state index in [1.165, 1.54) is 0 Å². The molecule has 9 heavy (non-hydrogen) atoms. The Kier molecular flexibility index (Phi) is 4.41. The monoisotopic (exact) mass is 145 g/mol. The predicted molar refractivity (Wildman–Crippen MR) is 43.2 cm³/mol. The maximum Gasteiger partial charge on any atom is 0.123 e. The molecule has 0 N–H and O–H groups in total. The average Bonchev–Trinajstić information content (AvgIpc) is 1.87. The lowest BCUT2D eigenvalue weighted by Gasteiger charge is -1.99. The Morgan fingerprint density at radius 3 is 2.78 bits per heavy atom. The summed E-state index contributed by atoms with van der Waals surface area (Å²) in [7, 11) is 0. The summed E-state index contributed by atoms with van der Waals surface area (Å²) >= 11 is 5.57. The highest BCUT2D eigenvalue weighted by molar-refractivity contribution is 6.68. The Hall–Kier alpha value is -0.300. The smallest absolute Gasteiger partial charge is 0.123 e. The van der Waals surface area contributed by atoms with Crippen LogP contribution in [-0.4, -0.2) is 11.2 Å². The van der Waals surface area contributed by atoms with Gasteiger partial charge in [0, 0.05) is 6.04 Å². The summed E-state index contributed by atoms with van der Waals surface area (Å²) < 4.78 is 0. The summed E-state index contributed by atoms with van der Waals surface area (Å²) in [5.74, 6) is 0. The van der Waals surface area contributed by atoms with Crippen LogP contribution < -0.4 is 0 Å². The van der Waals surface area contributed by atoms with Gasteiger partial charge in [0.05, 0.1) is 0 Å². The summed E-state index contributed by atoms with van der Waals surface area (Å²) in [6, 6.07) is 0.315. The van der Waals surface area contributed by atoms with Gasteiger partial charge in [-0.3, -0.25) is 4.99 Å². The van der Waals surface area contributed by atoms with Crippen molar-refractivity contribution in [3.63, 3.8) is 0 Å². The third-order valence-electron chi connectivity index (χ3n) is 1.10. The molecule has 0 aromatic rings. The first-order valence-electron chi connectivity index (χ1n) is 3.06. The highest BCUT2D eigenvalue weighted by Crippen LogP contribution is 1.98. The van der Waals surface area contributed by atoms with Crippen molar-refractivity contribution in [2.24, 2.45) is 4.99 Å². The lowest BCUT2D eigenvalue weighted by atomic mass is 10.3. The van der Waals surface area contributed by atoms with Gasteiger partial charge in [-0.15, -0.1) is 0 Å². The lowest BCUT2D eigenvalue weighted by Crippen LogP contribution is -1.96. The summed E-state index contributed by atoms with van der Waals surface area (Å²) in [5.41, 5.74) is 0. The second-order valence-corrected chi connectivity index (χ2v) is 2.30. The molecule has 0 unspecified atom stereocenters. The number of rotatable bonds is 3. The van der Waals surface area contributed by atoms with Gasteiger partial charge in [0.15, 0.2) is 0 Å². The van der Waals surface area contributed by atoms with Crippen LogP contribution in [0.1, 0.15) is 20.3 Å². The molecule has 0 radical (unpaired) electrons. The SMILES string of the molecule is C=C/C(Cl)=N\[C@@H](C)CC. The summed E-state index contributed by atoms with van der Waals surface area (Å²) in [5, 5.41) is 0.504. The van der Waals surface area contributed by atoms with Crippen molar-refractivity contribution in [3.05, 3.63) is 12.7 Å². The first kappa shape index (κ1) is 8.70. The van der Waals surface area contributed by atoms with Crippen molar-refractivity contribution in [2.75, 3.05) is 0 Å². The summed E-state index contributed by atoms with van der Waals surface area (Å²) in [6.07, 6.45) is 2.57. The van der Waals surface area contributed by atoms with Crippen molar-refractivity contribution in [3.8, 4) is 0 Å². The molecule has 0 aliphatic carbocycles. The van der Waals surface area contributed by atoms with E-state index in [9.17, 15) is 0 Å². The molecule has 0 heterocycles. The largest absolute Gasteiger partial charge is 0.270 e. The van der Waals surface area contributed by atoms with Gasteiger partial charge in [-0.25, -0.2) is 0 Å². The predicted octanol–water partition coefficient (Wildman–Crippen LogP) is 2.61. The van der Waals surface area contributed by atoms with Crippen LogP contribution in [0.2, 0.25) is 0 Å². The molecule has 0 aliphatic heterocycles. The Labute approximate surface area is 61.4 Å². The number of nitrogens with zero attached hydrogens (tertiary/aromatic N) is 1. The number of allylic oxidation sites excluding steroid dienone is 1. The van der Waals surface area contributed by atoms with Gasteiger partial charge in [-0.1, -0.05) is 25.1 Å². The molecular formula is C7H12ClN. The van der Waals surface area contributed by atoms with Crippen molar-refractivity contribution in [1.29, 1.82) is 0 Å². The van der Waals surface area contributed by atoms with Gasteiger partial charge in [-0.2, -0.15) is 0 Å². The maximum absolute atomic E-state index is 5.57. The fourth-order valence-electron chi connectivity index (χ4n) is 0.355. The lowest BCUT2D eigenvalue weighted by molar-refractivity contribution is 0.720. The normalized spacial score (nSPS) is 15.2. The van der Waals surface area contributed by atoms with Gasteiger partial charge in [0.1, 0.15) is 5.17 Å². The summed E-state index contributed by atoms with van der Waals surface area (Å²) in [4.78, 5) is 4.08. The van der Waals surface area contributed by atoms with Crippen LogP contribution in [0, 0.1) is 0 Å². The molecule has 52 valence electrons. The fourth-order valence-corrected chi connectivity index (χ4v) is 0.521. The second kappa shape index (κ2) is 4.57. The van der Waals surface area contributed by atoms with E-state index in [4.69, 9.17) is 11.6 Å². The molecule has 2 heteroatoms. The molecule has 0 aromatic carbocycles. The zero-order valence-electron chi connectivity index (χ0n) is 5.89.